The number of hydrogen-bond donors (Lipinski definition) is 3. The zero-order chi connectivity index (χ0) is 21.3. The van der Waals surface area contributed by atoms with E-state index in [1.165, 1.54) is 0 Å². The SMILES string of the molecule is N=C(SC(N)=NC=O)C1CCC(Cc2ccc(NC(=O)Cc3ccccc3)nn2)C1. The number of aliphatic imine (C=N–C) groups is 1. The zero-order valence-electron chi connectivity index (χ0n) is 16.5. The van der Waals surface area contributed by atoms with Crippen molar-refractivity contribution in [1.29, 1.82) is 5.41 Å². The van der Waals surface area contributed by atoms with Crippen LogP contribution in [-0.2, 0) is 22.4 Å². The molecule has 8 nitrogen and oxygen atoms in total. The fraction of sp³-hybridized carbons (Fsp3) is 0.333. The Labute approximate surface area is 179 Å². The van der Waals surface area contributed by atoms with Crippen LogP contribution in [0.1, 0.15) is 30.5 Å². The molecule has 4 N–H and O–H groups in total. The van der Waals surface area contributed by atoms with Crippen molar-refractivity contribution in [3.63, 3.8) is 0 Å². The Kier molecular flexibility index (Phi) is 7.67. The molecule has 30 heavy (non-hydrogen) atoms. The molecule has 1 fully saturated rings. The third-order valence-corrected chi connectivity index (χ3v) is 5.87. The van der Waals surface area contributed by atoms with Crippen LogP contribution >= 0.6 is 11.8 Å². The molecule has 2 unspecified atom stereocenters. The highest BCUT2D eigenvalue weighted by Gasteiger charge is 2.29. The first kappa shape index (κ1) is 21.6. The van der Waals surface area contributed by atoms with Gasteiger partial charge in [0.15, 0.2) is 11.0 Å². The van der Waals surface area contributed by atoms with Crippen molar-refractivity contribution in [3.05, 3.63) is 53.7 Å². The molecule has 1 aromatic heterocycles. The number of nitrogens with zero attached hydrogens (tertiary/aromatic N) is 3. The maximum atomic E-state index is 12.1. The molecule has 0 bridgehead atoms. The number of aromatic nitrogens is 2. The number of amidine groups is 1. The summed E-state index contributed by atoms with van der Waals surface area (Å²) < 4.78 is 0. The van der Waals surface area contributed by atoms with Crippen LogP contribution in [0, 0.1) is 17.2 Å². The minimum atomic E-state index is -0.129. The number of hydrogen-bond acceptors (Lipinski definition) is 6. The van der Waals surface area contributed by atoms with Gasteiger partial charge >= 0.3 is 0 Å². The van der Waals surface area contributed by atoms with E-state index < -0.39 is 0 Å². The van der Waals surface area contributed by atoms with Gasteiger partial charge in [-0.15, -0.1) is 5.10 Å². The maximum absolute atomic E-state index is 12.1. The fourth-order valence-electron chi connectivity index (χ4n) is 3.57. The van der Waals surface area contributed by atoms with Crippen molar-refractivity contribution >= 4 is 40.1 Å². The molecule has 0 saturated heterocycles. The Morgan fingerprint density at radius 2 is 2.03 bits per heavy atom. The molecule has 1 aliphatic rings. The summed E-state index contributed by atoms with van der Waals surface area (Å²) in [6.45, 7) is 0. The lowest BCUT2D eigenvalue weighted by molar-refractivity contribution is -0.115. The Bertz CT molecular complexity index is 917. The van der Waals surface area contributed by atoms with E-state index in [4.69, 9.17) is 11.1 Å². The summed E-state index contributed by atoms with van der Waals surface area (Å²) in [5, 5.41) is 19.8. The second-order valence-electron chi connectivity index (χ2n) is 7.24. The van der Waals surface area contributed by atoms with Crippen LogP contribution in [0.15, 0.2) is 47.5 Å². The molecule has 2 atom stereocenters. The molecule has 1 heterocycles. The average molecular weight is 425 g/mol. The highest BCUT2D eigenvalue weighted by molar-refractivity contribution is 8.26. The molecule has 3 rings (SSSR count). The van der Waals surface area contributed by atoms with Crippen LogP contribution < -0.4 is 11.1 Å². The molecule has 2 aromatic rings. The van der Waals surface area contributed by atoms with E-state index in [0.717, 1.165) is 48.7 Å². The van der Waals surface area contributed by atoms with Crippen molar-refractivity contribution < 1.29 is 9.59 Å². The molecule has 156 valence electrons. The van der Waals surface area contributed by atoms with Gasteiger partial charge in [-0.25, -0.2) is 0 Å². The van der Waals surface area contributed by atoms with Gasteiger partial charge in [0, 0.05) is 5.92 Å². The number of carbonyl (C=O) groups is 2. The van der Waals surface area contributed by atoms with E-state index in [-0.39, 0.29) is 17.0 Å². The van der Waals surface area contributed by atoms with Gasteiger partial charge < -0.3 is 11.1 Å². The summed E-state index contributed by atoms with van der Waals surface area (Å²) in [6, 6.07) is 13.2. The number of thioether (sulfide) groups is 1. The number of nitrogens with one attached hydrogen (secondary N) is 2. The Balaban J connectivity index is 1.46. The lowest BCUT2D eigenvalue weighted by Crippen LogP contribution is -2.16. The van der Waals surface area contributed by atoms with Crippen molar-refractivity contribution in [1.82, 2.24) is 10.2 Å². The van der Waals surface area contributed by atoms with E-state index in [9.17, 15) is 9.59 Å². The lowest BCUT2D eigenvalue weighted by atomic mass is 10.00. The summed E-state index contributed by atoms with van der Waals surface area (Å²) in [6.07, 6.45) is 4.23. The second kappa shape index (κ2) is 10.6. The highest BCUT2D eigenvalue weighted by Crippen LogP contribution is 2.35. The Hall–Kier alpha value is -3.07. The molecule has 9 heteroatoms. The molecule has 2 amide bonds. The average Bonchev–Trinajstić information content (AvgIpc) is 3.19. The van der Waals surface area contributed by atoms with Crippen LogP contribution in [0.3, 0.4) is 0 Å². The van der Waals surface area contributed by atoms with Crippen molar-refractivity contribution in [2.75, 3.05) is 5.32 Å². The van der Waals surface area contributed by atoms with E-state index in [1.807, 2.05) is 36.4 Å². The fourth-order valence-corrected chi connectivity index (χ4v) is 4.27. The molecule has 1 aliphatic carbocycles. The van der Waals surface area contributed by atoms with E-state index >= 15 is 0 Å². The predicted octanol–water partition coefficient (Wildman–Crippen LogP) is 2.80. The topological polar surface area (TPSA) is 134 Å². The third kappa shape index (κ3) is 6.48. The highest BCUT2D eigenvalue weighted by atomic mass is 32.2. The largest absolute Gasteiger partial charge is 0.378 e. The van der Waals surface area contributed by atoms with E-state index in [0.29, 0.717) is 29.6 Å². The van der Waals surface area contributed by atoms with Crippen LogP contribution in [0.2, 0.25) is 0 Å². The van der Waals surface area contributed by atoms with Gasteiger partial charge in [-0.1, -0.05) is 30.3 Å². The van der Waals surface area contributed by atoms with Crippen LogP contribution in [0.25, 0.3) is 0 Å². The first-order chi connectivity index (χ1) is 14.5. The van der Waals surface area contributed by atoms with E-state index in [2.05, 4.69) is 20.5 Å². The Morgan fingerprint density at radius 3 is 2.73 bits per heavy atom. The van der Waals surface area contributed by atoms with Gasteiger partial charge in [0.2, 0.25) is 12.3 Å². The first-order valence-corrected chi connectivity index (χ1v) is 10.5. The van der Waals surface area contributed by atoms with Crippen molar-refractivity contribution in [2.45, 2.75) is 32.1 Å². The molecular weight excluding hydrogens is 400 g/mol. The molecule has 0 radical (unpaired) electrons. The number of anilines is 1. The second-order valence-corrected chi connectivity index (χ2v) is 8.30. The van der Waals surface area contributed by atoms with Gasteiger partial charge in [0.25, 0.3) is 0 Å². The minimum absolute atomic E-state index is 0.106. The van der Waals surface area contributed by atoms with Gasteiger partial charge in [0.05, 0.1) is 17.2 Å². The molecule has 1 aromatic carbocycles. The summed E-state index contributed by atoms with van der Waals surface area (Å²) in [4.78, 5) is 25.9. The van der Waals surface area contributed by atoms with E-state index in [1.54, 1.807) is 6.07 Å². The molecule has 0 spiro atoms. The number of benzene rings is 1. The zero-order valence-corrected chi connectivity index (χ0v) is 17.3. The summed E-state index contributed by atoms with van der Waals surface area (Å²) in [5.41, 5.74) is 7.40. The summed E-state index contributed by atoms with van der Waals surface area (Å²) in [7, 11) is 0. The summed E-state index contributed by atoms with van der Waals surface area (Å²) >= 11 is 1.05. The van der Waals surface area contributed by atoms with Crippen molar-refractivity contribution in [2.24, 2.45) is 22.6 Å². The number of amides is 2. The van der Waals surface area contributed by atoms with Crippen molar-refractivity contribution in [3.8, 4) is 0 Å². The monoisotopic (exact) mass is 424 g/mol. The smallest absolute Gasteiger partial charge is 0.235 e. The number of rotatable bonds is 7. The lowest BCUT2D eigenvalue weighted by Gasteiger charge is -2.12. The first-order valence-electron chi connectivity index (χ1n) is 9.73. The van der Waals surface area contributed by atoms with Crippen LogP contribution in [0.5, 0.6) is 0 Å². The maximum Gasteiger partial charge on any atom is 0.235 e. The van der Waals surface area contributed by atoms with Crippen LogP contribution in [0.4, 0.5) is 5.82 Å². The third-order valence-electron chi connectivity index (χ3n) is 5.00. The molecular formula is C21H24N6O2S. The predicted molar refractivity (Wildman–Crippen MR) is 118 cm³/mol. The molecule has 0 aliphatic heterocycles. The van der Waals surface area contributed by atoms with Gasteiger partial charge in [-0.2, -0.15) is 10.1 Å². The van der Waals surface area contributed by atoms with Gasteiger partial charge in [-0.05, 0) is 61.1 Å². The van der Waals surface area contributed by atoms with Gasteiger partial charge in [0.1, 0.15) is 0 Å². The standard InChI is InChI=1S/C21H24N6O2S/c22-20(30-21(23)24-13-28)16-7-6-15(10-16)11-17-8-9-18(27-26-17)25-19(29)12-14-4-2-1-3-5-14/h1-5,8-9,13,15-16,22H,6-7,10-12H2,(H2,23,24,28)(H,25,27,29). The normalized spacial score (nSPS) is 18.7. The molecule has 1 saturated carbocycles. The summed E-state index contributed by atoms with van der Waals surface area (Å²) in [5.74, 6) is 0.848. The quantitative estimate of drug-likeness (QED) is 0.355. The van der Waals surface area contributed by atoms with Crippen LogP contribution in [-0.4, -0.2) is 32.7 Å². The Morgan fingerprint density at radius 1 is 1.23 bits per heavy atom. The van der Waals surface area contributed by atoms with Gasteiger partial charge in [-0.3, -0.25) is 15.0 Å². The number of nitrogens with two attached hydrogens (primary N) is 1. The minimum Gasteiger partial charge on any atom is -0.378 e. The number of carbonyl (C=O) groups excluding carboxylic acids is 2.